The molecule has 6 heteroatoms. The predicted octanol–water partition coefficient (Wildman–Crippen LogP) is 3.12. The largest absolute Gasteiger partial charge is 0.392 e. The third kappa shape index (κ3) is 3.14. The maximum atomic E-state index is 9.73. The molecule has 0 spiro atoms. The Balaban J connectivity index is 2.11. The molecule has 0 fully saturated rings. The van der Waals surface area contributed by atoms with E-state index in [-0.39, 0.29) is 5.92 Å². The Morgan fingerprint density at radius 3 is 2.82 bits per heavy atom. The summed E-state index contributed by atoms with van der Waals surface area (Å²) in [5.74, 6) is 1.23. The molecule has 2 heterocycles. The van der Waals surface area contributed by atoms with Gasteiger partial charge in [-0.15, -0.1) is 11.3 Å². The summed E-state index contributed by atoms with van der Waals surface area (Å²) in [5, 5.41) is 13.6. The van der Waals surface area contributed by atoms with E-state index in [4.69, 9.17) is 4.52 Å². The molecule has 0 saturated carbocycles. The highest BCUT2D eigenvalue weighted by Gasteiger charge is 2.16. The van der Waals surface area contributed by atoms with Gasteiger partial charge in [-0.3, -0.25) is 0 Å². The van der Waals surface area contributed by atoms with Crippen molar-refractivity contribution < 1.29 is 9.63 Å². The Hall–Kier alpha value is -0.720. The third-order valence-electron chi connectivity index (χ3n) is 2.41. The lowest BCUT2D eigenvalue weighted by atomic mass is 10.0. The average Bonchev–Trinajstić information content (AvgIpc) is 2.86. The lowest BCUT2D eigenvalue weighted by Gasteiger charge is -2.10. The van der Waals surface area contributed by atoms with Crippen LogP contribution in [0.25, 0.3) is 10.7 Å². The van der Waals surface area contributed by atoms with Crippen molar-refractivity contribution in [3.05, 3.63) is 21.8 Å². The minimum atomic E-state index is -0.446. The summed E-state index contributed by atoms with van der Waals surface area (Å²) in [6.07, 6.45) is -0.0459. The highest BCUT2D eigenvalue weighted by Crippen LogP contribution is 2.29. The zero-order valence-corrected chi connectivity index (χ0v) is 12.0. The predicted molar refractivity (Wildman–Crippen MR) is 69.9 cm³/mol. The van der Waals surface area contributed by atoms with Crippen LogP contribution in [0.1, 0.15) is 19.7 Å². The third-order valence-corrected chi connectivity index (χ3v) is 4.03. The number of halogens is 1. The van der Waals surface area contributed by atoms with Crippen molar-refractivity contribution in [2.24, 2.45) is 5.92 Å². The molecule has 0 amide bonds. The number of aromatic nitrogens is 2. The van der Waals surface area contributed by atoms with Crippen molar-refractivity contribution in [3.8, 4) is 10.7 Å². The summed E-state index contributed by atoms with van der Waals surface area (Å²) in [7, 11) is 0. The van der Waals surface area contributed by atoms with Crippen molar-refractivity contribution in [3.63, 3.8) is 0 Å². The second-order valence-electron chi connectivity index (χ2n) is 4.13. The van der Waals surface area contributed by atoms with Gasteiger partial charge < -0.3 is 9.63 Å². The Bertz CT molecular complexity index is 495. The molecular formula is C11H13BrN2O2S. The van der Waals surface area contributed by atoms with Gasteiger partial charge in [0.25, 0.3) is 0 Å². The molecule has 92 valence electrons. The fourth-order valence-electron chi connectivity index (χ4n) is 1.29. The van der Waals surface area contributed by atoms with Gasteiger partial charge in [0.1, 0.15) is 0 Å². The first kappa shape index (κ1) is 12.7. The Morgan fingerprint density at radius 2 is 2.24 bits per heavy atom. The van der Waals surface area contributed by atoms with Crippen molar-refractivity contribution in [1.29, 1.82) is 0 Å². The summed E-state index contributed by atoms with van der Waals surface area (Å²) >= 11 is 4.94. The van der Waals surface area contributed by atoms with Crippen LogP contribution in [-0.4, -0.2) is 21.4 Å². The van der Waals surface area contributed by atoms with Crippen molar-refractivity contribution in [1.82, 2.24) is 10.1 Å². The Morgan fingerprint density at radius 1 is 1.47 bits per heavy atom. The van der Waals surface area contributed by atoms with Gasteiger partial charge in [0.05, 0.1) is 21.2 Å². The topological polar surface area (TPSA) is 59.2 Å². The van der Waals surface area contributed by atoms with E-state index >= 15 is 0 Å². The molecule has 0 aliphatic heterocycles. The monoisotopic (exact) mass is 316 g/mol. The van der Waals surface area contributed by atoms with E-state index < -0.39 is 6.10 Å². The first-order valence-electron chi connectivity index (χ1n) is 5.32. The average molecular weight is 317 g/mol. The maximum Gasteiger partial charge on any atom is 0.229 e. The molecule has 2 aromatic heterocycles. The molecular weight excluding hydrogens is 304 g/mol. The van der Waals surface area contributed by atoms with Gasteiger partial charge >= 0.3 is 0 Å². The summed E-state index contributed by atoms with van der Waals surface area (Å²) < 4.78 is 6.15. The number of nitrogens with zero attached hydrogens (tertiary/aromatic N) is 2. The number of hydrogen-bond acceptors (Lipinski definition) is 5. The van der Waals surface area contributed by atoms with E-state index in [9.17, 15) is 5.11 Å². The van der Waals surface area contributed by atoms with E-state index in [1.165, 1.54) is 0 Å². The molecule has 4 nitrogen and oxygen atoms in total. The maximum absolute atomic E-state index is 9.73. The first-order valence-corrected chi connectivity index (χ1v) is 6.93. The SMILES string of the molecule is CC(C)C(O)Cc1nc(-c2ccc(Br)s2)no1. The van der Waals surface area contributed by atoms with Gasteiger partial charge in [0.15, 0.2) is 0 Å². The molecule has 0 aliphatic carbocycles. The minimum Gasteiger partial charge on any atom is -0.392 e. The van der Waals surface area contributed by atoms with Gasteiger partial charge in [-0.05, 0) is 34.0 Å². The van der Waals surface area contributed by atoms with Crippen molar-refractivity contribution >= 4 is 27.3 Å². The first-order chi connectivity index (χ1) is 8.06. The number of aliphatic hydroxyl groups is 1. The van der Waals surface area contributed by atoms with Crippen LogP contribution in [0.5, 0.6) is 0 Å². The number of rotatable bonds is 4. The molecule has 1 N–H and O–H groups in total. The van der Waals surface area contributed by atoms with Gasteiger partial charge in [-0.1, -0.05) is 19.0 Å². The van der Waals surface area contributed by atoms with Crippen LogP contribution >= 0.6 is 27.3 Å². The molecule has 0 radical (unpaired) electrons. The van der Waals surface area contributed by atoms with Gasteiger partial charge in [-0.2, -0.15) is 4.98 Å². The molecule has 1 unspecified atom stereocenters. The van der Waals surface area contributed by atoms with Crippen LogP contribution in [0.2, 0.25) is 0 Å². The number of aliphatic hydroxyl groups excluding tert-OH is 1. The second kappa shape index (κ2) is 5.29. The minimum absolute atomic E-state index is 0.182. The van der Waals surface area contributed by atoms with Gasteiger partial charge in [0, 0.05) is 0 Å². The van der Waals surface area contributed by atoms with E-state index in [1.54, 1.807) is 11.3 Å². The standard InChI is InChI=1S/C11H13BrN2O2S/c1-6(2)7(15)5-10-13-11(14-16-10)8-3-4-9(12)17-8/h3-4,6-7,15H,5H2,1-2H3. The zero-order valence-electron chi connectivity index (χ0n) is 9.55. The second-order valence-corrected chi connectivity index (χ2v) is 6.59. The molecule has 1 atom stereocenters. The van der Waals surface area contributed by atoms with E-state index in [1.807, 2.05) is 26.0 Å². The van der Waals surface area contributed by atoms with E-state index in [0.717, 1.165) is 8.66 Å². The lowest BCUT2D eigenvalue weighted by Crippen LogP contribution is -2.17. The van der Waals surface area contributed by atoms with E-state index in [2.05, 4.69) is 26.1 Å². The molecule has 2 aromatic rings. The highest BCUT2D eigenvalue weighted by atomic mass is 79.9. The number of hydrogen-bond donors (Lipinski definition) is 1. The highest BCUT2D eigenvalue weighted by molar-refractivity contribution is 9.11. The Kier molecular flexibility index (Phi) is 3.96. The molecule has 0 bridgehead atoms. The smallest absolute Gasteiger partial charge is 0.229 e. The lowest BCUT2D eigenvalue weighted by molar-refractivity contribution is 0.116. The van der Waals surface area contributed by atoms with Crippen LogP contribution < -0.4 is 0 Å². The molecule has 0 aromatic carbocycles. The van der Waals surface area contributed by atoms with Crippen LogP contribution in [0.3, 0.4) is 0 Å². The van der Waals surface area contributed by atoms with Crippen LogP contribution in [-0.2, 0) is 6.42 Å². The quantitative estimate of drug-likeness (QED) is 0.941. The van der Waals surface area contributed by atoms with Crippen molar-refractivity contribution in [2.75, 3.05) is 0 Å². The fraction of sp³-hybridized carbons (Fsp3) is 0.455. The van der Waals surface area contributed by atoms with Crippen molar-refractivity contribution in [2.45, 2.75) is 26.4 Å². The summed E-state index contributed by atoms with van der Waals surface area (Å²) in [6, 6.07) is 3.88. The molecule has 0 aliphatic rings. The van der Waals surface area contributed by atoms with Crippen LogP contribution in [0, 0.1) is 5.92 Å². The fourth-order valence-corrected chi connectivity index (χ4v) is 2.60. The summed E-state index contributed by atoms with van der Waals surface area (Å²) in [5.41, 5.74) is 0. The molecule has 2 rings (SSSR count). The normalized spacial score (nSPS) is 13.2. The number of thiophene rings is 1. The molecule has 17 heavy (non-hydrogen) atoms. The zero-order chi connectivity index (χ0) is 12.4. The summed E-state index contributed by atoms with van der Waals surface area (Å²) in [4.78, 5) is 5.22. The van der Waals surface area contributed by atoms with Crippen LogP contribution in [0.4, 0.5) is 0 Å². The van der Waals surface area contributed by atoms with Crippen LogP contribution in [0.15, 0.2) is 20.4 Å². The summed E-state index contributed by atoms with van der Waals surface area (Å²) in [6.45, 7) is 3.91. The Labute approximate surface area is 112 Å². The van der Waals surface area contributed by atoms with Gasteiger partial charge in [0.2, 0.25) is 11.7 Å². The molecule has 0 saturated heterocycles. The van der Waals surface area contributed by atoms with Gasteiger partial charge in [-0.25, -0.2) is 0 Å². The van der Waals surface area contributed by atoms with E-state index in [0.29, 0.717) is 18.1 Å².